The molecule has 3 rings (SSSR count). The molecule has 1 aromatic carbocycles. The minimum absolute atomic E-state index is 0.102. The molecule has 8 nitrogen and oxygen atoms in total. The molecule has 0 radical (unpaired) electrons. The van der Waals surface area contributed by atoms with Gasteiger partial charge in [-0.2, -0.15) is 0 Å². The molecule has 1 aliphatic carbocycles. The van der Waals surface area contributed by atoms with Crippen molar-refractivity contribution >= 4 is 21.8 Å². The van der Waals surface area contributed by atoms with E-state index >= 15 is 0 Å². The third-order valence-corrected chi connectivity index (χ3v) is 8.36. The molecule has 9 heteroatoms. The van der Waals surface area contributed by atoms with Crippen LogP contribution in [0.5, 0.6) is 0 Å². The van der Waals surface area contributed by atoms with E-state index in [0.29, 0.717) is 12.0 Å². The van der Waals surface area contributed by atoms with Crippen molar-refractivity contribution in [1.29, 1.82) is 0 Å². The Morgan fingerprint density at radius 1 is 1.19 bits per heavy atom. The number of benzene rings is 1. The van der Waals surface area contributed by atoms with Gasteiger partial charge in [-0.1, -0.05) is 30.4 Å². The molecule has 1 aromatic rings. The van der Waals surface area contributed by atoms with Gasteiger partial charge in [0.1, 0.15) is 23.6 Å². The summed E-state index contributed by atoms with van der Waals surface area (Å²) in [5.41, 5.74) is 0.695. The number of sulfone groups is 1. The number of rotatable bonds is 7. The number of hydrogen-bond donors (Lipinski definition) is 0. The largest absolute Gasteiger partial charge is 0.463 e. The van der Waals surface area contributed by atoms with Gasteiger partial charge in [0.2, 0.25) is 0 Å². The molecule has 176 valence electrons. The van der Waals surface area contributed by atoms with Crippen LogP contribution in [0.4, 0.5) is 0 Å². The van der Waals surface area contributed by atoms with Gasteiger partial charge in [-0.25, -0.2) is 8.42 Å². The molecule has 1 heterocycles. The first-order chi connectivity index (χ1) is 15.0. The summed E-state index contributed by atoms with van der Waals surface area (Å²) in [5, 5.41) is 0. The van der Waals surface area contributed by atoms with E-state index < -0.39 is 50.9 Å². The molecule has 0 bridgehead atoms. The highest BCUT2D eigenvalue weighted by Crippen LogP contribution is 2.55. The number of hydrogen-bond acceptors (Lipinski definition) is 8. The number of ether oxygens (including phenoxy) is 4. The fourth-order valence-electron chi connectivity index (χ4n) is 4.66. The van der Waals surface area contributed by atoms with Crippen molar-refractivity contribution in [3.63, 3.8) is 0 Å². The summed E-state index contributed by atoms with van der Waals surface area (Å²) in [6.45, 7) is 9.92. The second-order valence-corrected chi connectivity index (χ2v) is 10.8. The molecule has 2 fully saturated rings. The van der Waals surface area contributed by atoms with Crippen LogP contribution in [0.2, 0.25) is 0 Å². The van der Waals surface area contributed by atoms with Gasteiger partial charge in [0.15, 0.2) is 16.1 Å². The minimum Gasteiger partial charge on any atom is -0.463 e. The zero-order valence-corrected chi connectivity index (χ0v) is 19.6. The van der Waals surface area contributed by atoms with E-state index in [1.165, 1.54) is 26.0 Å². The maximum Gasteiger partial charge on any atom is 0.303 e. The van der Waals surface area contributed by atoms with Gasteiger partial charge in [0, 0.05) is 19.8 Å². The van der Waals surface area contributed by atoms with Crippen LogP contribution in [0.1, 0.15) is 40.5 Å². The van der Waals surface area contributed by atoms with Crippen LogP contribution in [-0.2, 0) is 38.4 Å². The summed E-state index contributed by atoms with van der Waals surface area (Å²) < 4.78 is 49.6. The second kappa shape index (κ2) is 9.33. The molecule has 0 aromatic heterocycles. The molecular formula is C23H30O8S. The van der Waals surface area contributed by atoms with Crippen molar-refractivity contribution in [3.8, 4) is 0 Å². The Bertz CT molecular complexity index is 971. The van der Waals surface area contributed by atoms with Crippen LogP contribution < -0.4 is 0 Å². The van der Waals surface area contributed by atoms with Crippen LogP contribution in [0.15, 0.2) is 47.4 Å². The van der Waals surface area contributed by atoms with E-state index in [0.717, 1.165) is 0 Å². The van der Waals surface area contributed by atoms with E-state index in [1.807, 2.05) is 0 Å². The molecule has 1 saturated heterocycles. The fourth-order valence-corrected chi connectivity index (χ4v) is 6.99. The van der Waals surface area contributed by atoms with Gasteiger partial charge >= 0.3 is 11.9 Å². The van der Waals surface area contributed by atoms with E-state index in [9.17, 15) is 18.0 Å². The number of fused-ring (bicyclic) bond motifs is 1. The Morgan fingerprint density at radius 2 is 1.84 bits per heavy atom. The first-order valence-corrected chi connectivity index (χ1v) is 12.0. The van der Waals surface area contributed by atoms with E-state index in [2.05, 4.69) is 6.58 Å². The predicted molar refractivity (Wildman–Crippen MR) is 115 cm³/mol. The molecule has 5 atom stereocenters. The quantitative estimate of drug-likeness (QED) is 0.446. The van der Waals surface area contributed by atoms with Gasteiger partial charge in [0.25, 0.3) is 0 Å². The third kappa shape index (κ3) is 4.46. The molecule has 32 heavy (non-hydrogen) atoms. The topological polar surface area (TPSA) is 105 Å². The number of carbonyl (C=O) groups excluding carboxylic acids is 2. The number of carbonyl (C=O) groups is 2. The summed E-state index contributed by atoms with van der Waals surface area (Å²) in [6.07, 6.45) is -2.97. The van der Waals surface area contributed by atoms with Crippen LogP contribution in [0.3, 0.4) is 0 Å². The molecule has 1 aliphatic heterocycles. The summed E-state index contributed by atoms with van der Waals surface area (Å²) in [7, 11) is -4.02. The Labute approximate surface area is 188 Å². The molecule has 0 unspecified atom stereocenters. The minimum atomic E-state index is -4.02. The monoisotopic (exact) mass is 466 g/mol. The highest BCUT2D eigenvalue weighted by Gasteiger charge is 2.68. The average Bonchev–Trinajstić information content (AvgIpc) is 3.07. The van der Waals surface area contributed by atoms with Crippen molar-refractivity contribution in [2.75, 3.05) is 6.61 Å². The van der Waals surface area contributed by atoms with Crippen molar-refractivity contribution in [2.24, 2.45) is 5.92 Å². The van der Waals surface area contributed by atoms with E-state index in [-0.39, 0.29) is 24.0 Å². The van der Waals surface area contributed by atoms with Crippen molar-refractivity contribution in [3.05, 3.63) is 42.5 Å². The fraction of sp³-hybridized carbons (Fsp3) is 0.565. The van der Waals surface area contributed by atoms with Gasteiger partial charge in [0.05, 0.1) is 11.0 Å². The van der Waals surface area contributed by atoms with Gasteiger partial charge in [-0.3, -0.25) is 9.59 Å². The van der Waals surface area contributed by atoms with Crippen LogP contribution in [0, 0.1) is 5.92 Å². The molecule has 2 aliphatic rings. The summed E-state index contributed by atoms with van der Waals surface area (Å²) in [6, 6.07) is 8.09. The highest BCUT2D eigenvalue weighted by molar-refractivity contribution is 7.93. The van der Waals surface area contributed by atoms with Crippen molar-refractivity contribution in [2.45, 2.75) is 74.8 Å². The summed E-state index contributed by atoms with van der Waals surface area (Å²) in [5.74, 6) is -1.80. The van der Waals surface area contributed by atoms with Gasteiger partial charge < -0.3 is 18.9 Å². The third-order valence-electron chi connectivity index (χ3n) is 5.83. The lowest BCUT2D eigenvalue weighted by Gasteiger charge is -2.50. The lowest BCUT2D eigenvalue weighted by Crippen LogP contribution is -2.66. The normalized spacial score (nSPS) is 30.1. The summed E-state index contributed by atoms with van der Waals surface area (Å²) >= 11 is 0. The van der Waals surface area contributed by atoms with Crippen LogP contribution >= 0.6 is 0 Å². The highest BCUT2D eigenvalue weighted by atomic mass is 32.2. The SMILES string of the molecule is C=C1C[C@H]2[C@H](OC(C)=O)[C@@H](COC(C)=O)O[C@H](OC(C)C)[C@@]2(S(=O)(=O)c2ccccc2)C1. The lowest BCUT2D eigenvalue weighted by molar-refractivity contribution is -0.273. The van der Waals surface area contributed by atoms with E-state index in [4.69, 9.17) is 18.9 Å². The van der Waals surface area contributed by atoms with E-state index in [1.54, 1.807) is 32.0 Å². The van der Waals surface area contributed by atoms with Crippen molar-refractivity contribution < 1.29 is 37.0 Å². The first kappa shape index (κ1) is 24.4. The molecule has 0 spiro atoms. The molecule has 0 N–H and O–H groups in total. The molecule has 0 amide bonds. The Morgan fingerprint density at radius 3 is 2.41 bits per heavy atom. The molecule has 1 saturated carbocycles. The number of esters is 2. The standard InChI is InChI=1S/C23H30O8S/c1-14(2)29-22-23(32(26,27)18-9-7-6-8-10-18)12-15(3)11-19(23)21(30-17(5)25)20(31-22)13-28-16(4)24/h6-10,14,19-22H,3,11-13H2,1-2,4-5H3/t19-,20+,21-,22-,23+/m0/s1. The second-order valence-electron chi connectivity index (χ2n) is 8.58. The molecular weight excluding hydrogens is 436 g/mol. The number of allylic oxidation sites excluding steroid dienone is 1. The zero-order valence-electron chi connectivity index (χ0n) is 18.8. The maximum absolute atomic E-state index is 14.1. The maximum atomic E-state index is 14.1. The first-order valence-electron chi connectivity index (χ1n) is 10.6. The average molecular weight is 467 g/mol. The Hall–Kier alpha value is -2.23. The van der Waals surface area contributed by atoms with Gasteiger partial charge in [-0.05, 0) is 38.8 Å². The smallest absolute Gasteiger partial charge is 0.303 e. The Balaban J connectivity index is 2.17. The lowest BCUT2D eigenvalue weighted by atomic mass is 9.83. The van der Waals surface area contributed by atoms with Gasteiger partial charge in [-0.15, -0.1) is 0 Å². The van der Waals surface area contributed by atoms with Crippen LogP contribution in [0.25, 0.3) is 0 Å². The predicted octanol–water partition coefficient (Wildman–Crippen LogP) is 2.81. The van der Waals surface area contributed by atoms with Crippen LogP contribution in [-0.4, -0.2) is 56.3 Å². The zero-order chi connectivity index (χ0) is 23.7. The van der Waals surface area contributed by atoms with Crippen molar-refractivity contribution in [1.82, 2.24) is 0 Å². The Kier molecular flexibility index (Phi) is 7.12. The summed E-state index contributed by atoms with van der Waals surface area (Å²) in [4.78, 5) is 23.5.